The molecule has 0 aliphatic rings. The maximum atomic E-state index is 13.3. The van der Waals surface area contributed by atoms with Gasteiger partial charge in [0.05, 0.1) is 21.2 Å². The highest BCUT2D eigenvalue weighted by molar-refractivity contribution is 7.92. The Morgan fingerprint density at radius 1 is 0.926 bits per heavy atom. The van der Waals surface area contributed by atoms with Crippen LogP contribution in [0.15, 0.2) is 77.7 Å². The molecule has 27 heavy (non-hydrogen) atoms. The second-order valence-electron chi connectivity index (χ2n) is 5.55. The van der Waals surface area contributed by atoms with Gasteiger partial charge in [0.1, 0.15) is 5.82 Å². The predicted octanol–water partition coefficient (Wildman–Crippen LogP) is 4.53. The first kappa shape index (κ1) is 18.9. The van der Waals surface area contributed by atoms with E-state index in [-0.39, 0.29) is 21.2 Å². The van der Waals surface area contributed by atoms with Crippen molar-refractivity contribution < 1.29 is 17.6 Å². The summed E-state index contributed by atoms with van der Waals surface area (Å²) in [5.41, 5.74) is 0.801. The molecule has 0 fully saturated rings. The number of rotatable bonds is 5. The highest BCUT2D eigenvalue weighted by Crippen LogP contribution is 2.24. The number of hydrogen-bond donors (Lipinski definition) is 2. The summed E-state index contributed by atoms with van der Waals surface area (Å²) in [6.07, 6.45) is 0. The van der Waals surface area contributed by atoms with Crippen molar-refractivity contribution >= 4 is 38.9 Å². The average molecular weight is 405 g/mol. The van der Waals surface area contributed by atoms with E-state index >= 15 is 0 Å². The molecule has 0 aliphatic carbocycles. The summed E-state index contributed by atoms with van der Waals surface area (Å²) >= 11 is 5.66. The molecular formula is C19H14ClFN2O3S. The lowest BCUT2D eigenvalue weighted by Crippen LogP contribution is -2.18. The number of anilines is 2. The molecule has 3 rings (SSSR count). The Morgan fingerprint density at radius 2 is 1.59 bits per heavy atom. The maximum Gasteiger partial charge on any atom is 0.261 e. The van der Waals surface area contributed by atoms with Crippen LogP contribution in [0.1, 0.15) is 10.4 Å². The number of sulfonamides is 1. The Hall–Kier alpha value is -2.90. The van der Waals surface area contributed by atoms with Crippen LogP contribution in [0.2, 0.25) is 5.02 Å². The molecule has 0 saturated heterocycles. The summed E-state index contributed by atoms with van der Waals surface area (Å²) in [5.74, 6) is -1.20. The van der Waals surface area contributed by atoms with Gasteiger partial charge in [-0.2, -0.15) is 0 Å². The zero-order valence-corrected chi connectivity index (χ0v) is 15.4. The molecular weight excluding hydrogens is 391 g/mol. The van der Waals surface area contributed by atoms with Crippen molar-refractivity contribution in [3.8, 4) is 0 Å². The Bertz CT molecular complexity index is 1090. The van der Waals surface area contributed by atoms with Gasteiger partial charge in [-0.25, -0.2) is 12.8 Å². The van der Waals surface area contributed by atoms with Crippen molar-refractivity contribution in [3.63, 3.8) is 0 Å². The van der Waals surface area contributed by atoms with Gasteiger partial charge in [-0.05, 0) is 42.5 Å². The molecule has 0 spiro atoms. The van der Waals surface area contributed by atoms with E-state index in [1.807, 2.05) is 6.07 Å². The Labute approximate surface area is 160 Å². The predicted molar refractivity (Wildman–Crippen MR) is 103 cm³/mol. The average Bonchev–Trinajstić information content (AvgIpc) is 2.65. The van der Waals surface area contributed by atoms with E-state index in [0.717, 1.165) is 18.2 Å². The Morgan fingerprint density at radius 3 is 2.30 bits per heavy atom. The molecule has 0 radical (unpaired) electrons. The van der Waals surface area contributed by atoms with E-state index in [4.69, 9.17) is 11.6 Å². The van der Waals surface area contributed by atoms with Crippen LogP contribution < -0.4 is 10.0 Å². The van der Waals surface area contributed by atoms with Gasteiger partial charge in [0.15, 0.2) is 0 Å². The molecule has 3 aromatic carbocycles. The Balaban J connectivity index is 1.89. The highest BCUT2D eigenvalue weighted by atomic mass is 35.5. The second-order valence-corrected chi connectivity index (χ2v) is 7.64. The summed E-state index contributed by atoms with van der Waals surface area (Å²) in [6, 6.07) is 18.0. The van der Waals surface area contributed by atoms with Gasteiger partial charge in [-0.1, -0.05) is 41.9 Å². The first-order valence-electron chi connectivity index (χ1n) is 7.80. The number of para-hydroxylation sites is 2. The minimum atomic E-state index is -4.06. The zero-order valence-electron chi connectivity index (χ0n) is 13.8. The lowest BCUT2D eigenvalue weighted by Gasteiger charge is -2.13. The largest absolute Gasteiger partial charge is 0.322 e. The van der Waals surface area contributed by atoms with Crippen LogP contribution in [0.25, 0.3) is 0 Å². The summed E-state index contributed by atoms with van der Waals surface area (Å²) in [4.78, 5) is 12.3. The Kier molecular flexibility index (Phi) is 5.43. The number of halogens is 2. The van der Waals surface area contributed by atoms with Crippen LogP contribution in [0, 0.1) is 5.82 Å². The normalized spacial score (nSPS) is 11.0. The molecule has 0 atom stereocenters. The van der Waals surface area contributed by atoms with Gasteiger partial charge < -0.3 is 5.32 Å². The van der Waals surface area contributed by atoms with Gasteiger partial charge in [0.2, 0.25) is 0 Å². The van der Waals surface area contributed by atoms with Gasteiger partial charge in [-0.3, -0.25) is 9.52 Å². The summed E-state index contributed by atoms with van der Waals surface area (Å²) < 4.78 is 40.8. The zero-order chi connectivity index (χ0) is 19.4. The number of carbonyl (C=O) groups excluding carboxylic acids is 1. The first-order valence-corrected chi connectivity index (χ1v) is 9.66. The number of carbonyl (C=O) groups is 1. The second kappa shape index (κ2) is 7.77. The molecule has 3 aromatic rings. The summed E-state index contributed by atoms with van der Waals surface area (Å²) in [5, 5.41) is 2.38. The van der Waals surface area contributed by atoms with Crippen LogP contribution in [0.5, 0.6) is 0 Å². The summed E-state index contributed by atoms with van der Waals surface area (Å²) in [7, 11) is -4.06. The van der Waals surface area contributed by atoms with Crippen molar-refractivity contribution in [2.75, 3.05) is 10.0 Å². The van der Waals surface area contributed by atoms with E-state index in [9.17, 15) is 17.6 Å². The third kappa shape index (κ3) is 4.45. The third-order valence-electron chi connectivity index (χ3n) is 3.65. The van der Waals surface area contributed by atoms with Crippen molar-refractivity contribution in [2.45, 2.75) is 4.90 Å². The number of benzene rings is 3. The molecule has 1 amide bonds. The van der Waals surface area contributed by atoms with Crippen molar-refractivity contribution in [1.82, 2.24) is 0 Å². The number of amides is 1. The standard InChI is InChI=1S/C19H14ClFN2O3S/c20-16-12-14(10-11-17(16)21)27(25,26)23-18-9-5-4-8-15(18)19(24)22-13-6-2-1-3-7-13/h1-12,23H,(H,22,24). The molecule has 0 unspecified atom stereocenters. The monoisotopic (exact) mass is 404 g/mol. The fourth-order valence-corrected chi connectivity index (χ4v) is 3.69. The van der Waals surface area contributed by atoms with Crippen LogP contribution in [0.4, 0.5) is 15.8 Å². The van der Waals surface area contributed by atoms with E-state index < -0.39 is 21.7 Å². The molecule has 138 valence electrons. The van der Waals surface area contributed by atoms with Crippen LogP contribution in [-0.4, -0.2) is 14.3 Å². The maximum absolute atomic E-state index is 13.3. The fraction of sp³-hybridized carbons (Fsp3) is 0. The number of hydrogen-bond acceptors (Lipinski definition) is 3. The van der Waals surface area contributed by atoms with Gasteiger partial charge in [-0.15, -0.1) is 0 Å². The molecule has 0 aromatic heterocycles. The fourth-order valence-electron chi connectivity index (χ4n) is 2.34. The molecule has 8 heteroatoms. The van der Waals surface area contributed by atoms with Crippen molar-refractivity contribution in [3.05, 3.63) is 89.2 Å². The van der Waals surface area contributed by atoms with Crippen LogP contribution >= 0.6 is 11.6 Å². The first-order chi connectivity index (χ1) is 12.9. The lowest BCUT2D eigenvalue weighted by molar-refractivity contribution is 0.102. The van der Waals surface area contributed by atoms with Crippen LogP contribution in [-0.2, 0) is 10.0 Å². The molecule has 5 nitrogen and oxygen atoms in total. The van der Waals surface area contributed by atoms with Crippen molar-refractivity contribution in [2.24, 2.45) is 0 Å². The number of nitrogens with one attached hydrogen (secondary N) is 2. The minimum Gasteiger partial charge on any atom is -0.322 e. The van der Waals surface area contributed by atoms with Gasteiger partial charge >= 0.3 is 0 Å². The minimum absolute atomic E-state index is 0.0892. The van der Waals surface area contributed by atoms with E-state index in [2.05, 4.69) is 10.0 Å². The van der Waals surface area contributed by atoms with Crippen molar-refractivity contribution in [1.29, 1.82) is 0 Å². The summed E-state index contributed by atoms with van der Waals surface area (Å²) in [6.45, 7) is 0. The van der Waals surface area contributed by atoms with Gasteiger partial charge in [0.25, 0.3) is 15.9 Å². The SMILES string of the molecule is O=C(Nc1ccccc1)c1ccccc1NS(=O)(=O)c1ccc(F)c(Cl)c1. The van der Waals surface area contributed by atoms with E-state index in [1.54, 1.807) is 36.4 Å². The van der Waals surface area contributed by atoms with E-state index in [1.165, 1.54) is 12.1 Å². The van der Waals surface area contributed by atoms with Crippen LogP contribution in [0.3, 0.4) is 0 Å². The smallest absolute Gasteiger partial charge is 0.261 e. The highest BCUT2D eigenvalue weighted by Gasteiger charge is 2.19. The molecule has 0 bridgehead atoms. The molecule has 0 saturated carbocycles. The molecule has 2 N–H and O–H groups in total. The molecule has 0 aliphatic heterocycles. The lowest BCUT2D eigenvalue weighted by atomic mass is 10.1. The quantitative estimate of drug-likeness (QED) is 0.655. The van der Waals surface area contributed by atoms with Gasteiger partial charge in [0, 0.05) is 5.69 Å². The topological polar surface area (TPSA) is 75.3 Å². The third-order valence-corrected chi connectivity index (χ3v) is 5.30. The molecule has 0 heterocycles. The van der Waals surface area contributed by atoms with E-state index in [0.29, 0.717) is 5.69 Å².